The monoisotopic (exact) mass is 614 g/mol. The van der Waals surface area contributed by atoms with E-state index in [2.05, 4.69) is 45.7 Å². The second-order valence-corrected chi connectivity index (χ2v) is 13.6. The fourth-order valence-corrected chi connectivity index (χ4v) is 8.23. The van der Waals surface area contributed by atoms with Crippen LogP contribution in [0.25, 0.3) is 11.3 Å². The van der Waals surface area contributed by atoms with E-state index in [1.165, 1.54) is 40.0 Å². The van der Waals surface area contributed by atoms with Crippen molar-refractivity contribution in [1.82, 2.24) is 14.5 Å². The van der Waals surface area contributed by atoms with Crippen LogP contribution >= 0.6 is 22.9 Å². The Morgan fingerprint density at radius 1 is 1.02 bits per heavy atom. The molecule has 2 N–H and O–H groups in total. The zero-order valence-electron chi connectivity index (χ0n) is 24.6. The molecule has 2 aromatic carbocycles. The minimum absolute atomic E-state index is 0.147. The van der Waals surface area contributed by atoms with Gasteiger partial charge in [0.2, 0.25) is 0 Å². The molecule has 1 amide bonds. The lowest BCUT2D eigenvalue weighted by Crippen LogP contribution is -2.44. The van der Waals surface area contributed by atoms with E-state index in [1.807, 2.05) is 31.2 Å². The lowest BCUT2D eigenvalue weighted by Gasteiger charge is -2.34. The highest BCUT2D eigenvalue weighted by Gasteiger charge is 2.39. The Bertz CT molecular complexity index is 1750. The van der Waals surface area contributed by atoms with E-state index >= 15 is 0 Å². The van der Waals surface area contributed by atoms with E-state index in [1.54, 1.807) is 24.6 Å². The van der Waals surface area contributed by atoms with Gasteiger partial charge in [0.15, 0.2) is 5.82 Å². The van der Waals surface area contributed by atoms with Crippen molar-refractivity contribution in [3.63, 3.8) is 0 Å². The molecular weight excluding hydrogens is 580 g/mol. The Balaban J connectivity index is 1.13. The zero-order valence-corrected chi connectivity index (χ0v) is 26.2. The molecule has 222 valence electrons. The second kappa shape index (κ2) is 11.1. The first kappa shape index (κ1) is 28.1. The van der Waals surface area contributed by atoms with Gasteiger partial charge < -0.3 is 25.0 Å². The van der Waals surface area contributed by atoms with Gasteiger partial charge in [-0.2, -0.15) is 0 Å². The molecule has 1 saturated carbocycles. The molecule has 3 heterocycles. The molecule has 0 radical (unpaired) electrons. The third kappa shape index (κ3) is 5.34. The second-order valence-electron chi connectivity index (χ2n) is 12.1. The van der Waals surface area contributed by atoms with Crippen molar-refractivity contribution < 1.29 is 4.79 Å². The van der Waals surface area contributed by atoms with Gasteiger partial charge in [-0.3, -0.25) is 9.59 Å². The molecule has 2 fully saturated rings. The number of benzene rings is 2. The van der Waals surface area contributed by atoms with Gasteiger partial charge >= 0.3 is 0 Å². The van der Waals surface area contributed by atoms with Crippen LogP contribution < -0.4 is 21.1 Å². The fraction of sp³-hybridized carbons (Fsp3) is 0.364. The average molecular weight is 615 g/mol. The first-order valence-corrected chi connectivity index (χ1v) is 16.1. The minimum Gasteiger partial charge on any atom is -0.369 e. The van der Waals surface area contributed by atoms with Crippen LogP contribution in [-0.4, -0.2) is 53.6 Å². The number of nitrogens with one attached hydrogen (secondary N) is 2. The summed E-state index contributed by atoms with van der Waals surface area (Å²) in [4.78, 5) is 37.9. The Morgan fingerprint density at radius 3 is 2.51 bits per heavy atom. The molecule has 43 heavy (non-hydrogen) atoms. The number of aromatic nitrogens is 2. The maximum atomic E-state index is 13.3. The molecule has 8 nitrogen and oxygen atoms in total. The summed E-state index contributed by atoms with van der Waals surface area (Å²) in [6.07, 6.45) is 5.42. The fourth-order valence-electron chi connectivity index (χ4n) is 6.67. The summed E-state index contributed by atoms with van der Waals surface area (Å²) in [5.41, 5.74) is 5.90. The number of rotatable bonds is 6. The molecule has 7 rings (SSSR count). The van der Waals surface area contributed by atoms with Gasteiger partial charge in [-0.1, -0.05) is 11.6 Å². The van der Waals surface area contributed by atoms with Gasteiger partial charge in [0, 0.05) is 61.2 Å². The maximum Gasteiger partial charge on any atom is 0.293 e. The van der Waals surface area contributed by atoms with Crippen LogP contribution in [0.4, 0.5) is 22.9 Å². The van der Waals surface area contributed by atoms with Gasteiger partial charge in [0.05, 0.1) is 21.3 Å². The summed E-state index contributed by atoms with van der Waals surface area (Å²) in [5, 5.41) is 6.72. The number of fused-ring (bicyclic) bond motifs is 5. The highest BCUT2D eigenvalue weighted by molar-refractivity contribution is 7.14. The Labute approximate surface area is 260 Å². The van der Waals surface area contributed by atoms with Crippen molar-refractivity contribution in [3.05, 3.63) is 84.9 Å². The highest BCUT2D eigenvalue weighted by atomic mass is 35.5. The van der Waals surface area contributed by atoms with Crippen molar-refractivity contribution >= 4 is 51.7 Å². The number of carbonyl (C=O) groups is 1. The predicted molar refractivity (Wildman–Crippen MR) is 176 cm³/mol. The van der Waals surface area contributed by atoms with Crippen LogP contribution in [0.5, 0.6) is 0 Å². The molecule has 1 aliphatic heterocycles. The zero-order chi connectivity index (χ0) is 29.8. The van der Waals surface area contributed by atoms with E-state index in [0.717, 1.165) is 47.9 Å². The Morgan fingerprint density at radius 2 is 1.77 bits per heavy atom. The number of halogens is 1. The van der Waals surface area contributed by atoms with Gasteiger partial charge in [-0.25, -0.2) is 4.98 Å². The molecule has 2 unspecified atom stereocenters. The van der Waals surface area contributed by atoms with Gasteiger partial charge in [-0.05, 0) is 98.7 Å². The largest absolute Gasteiger partial charge is 0.369 e. The van der Waals surface area contributed by atoms with Crippen molar-refractivity contribution in [2.24, 2.45) is 7.05 Å². The SMILES string of the molecule is Cc1cc(Cl)c(NC(=O)c2cc3c(s2)C2CCC3C2)cc1-c1cn(C)c(=O)c(Nc2ccc(N3CCN(C)CC3)cc2)n1. The van der Waals surface area contributed by atoms with Crippen LogP contribution in [-0.2, 0) is 7.05 Å². The van der Waals surface area contributed by atoms with Crippen LogP contribution in [0.3, 0.4) is 0 Å². The third-order valence-corrected chi connectivity index (χ3v) is 10.8. The number of anilines is 4. The predicted octanol–water partition coefficient (Wildman–Crippen LogP) is 6.58. The number of nitrogens with zero attached hydrogens (tertiary/aromatic N) is 4. The topological polar surface area (TPSA) is 82.5 Å². The lowest BCUT2D eigenvalue weighted by molar-refractivity contribution is 0.103. The van der Waals surface area contributed by atoms with Gasteiger partial charge in [0.25, 0.3) is 11.5 Å². The van der Waals surface area contributed by atoms with Crippen molar-refractivity contribution in [1.29, 1.82) is 0 Å². The van der Waals surface area contributed by atoms with E-state index in [4.69, 9.17) is 16.6 Å². The Kier molecular flexibility index (Phi) is 7.27. The number of likely N-dealkylation sites (N-methyl/N-ethyl adjacent to an activating group) is 1. The minimum atomic E-state index is -0.230. The molecule has 1 saturated heterocycles. The summed E-state index contributed by atoms with van der Waals surface area (Å²) in [6.45, 7) is 6.01. The quantitative estimate of drug-likeness (QED) is 0.255. The van der Waals surface area contributed by atoms with Crippen LogP contribution in [0.2, 0.25) is 5.02 Å². The van der Waals surface area contributed by atoms with Gasteiger partial charge in [-0.15, -0.1) is 11.3 Å². The molecule has 2 aromatic heterocycles. The number of thiophene rings is 1. The Hall–Kier alpha value is -3.66. The highest BCUT2D eigenvalue weighted by Crippen LogP contribution is 2.56. The number of piperazine rings is 1. The van der Waals surface area contributed by atoms with E-state index in [9.17, 15) is 9.59 Å². The first-order valence-electron chi connectivity index (χ1n) is 14.9. The van der Waals surface area contributed by atoms with Crippen LogP contribution in [0.1, 0.15) is 56.8 Å². The average Bonchev–Trinajstić information content (AvgIpc) is 3.72. The number of carbonyl (C=O) groups excluding carboxylic acids is 1. The number of aryl methyl sites for hydroxylation is 2. The van der Waals surface area contributed by atoms with Crippen molar-refractivity contribution in [2.45, 2.75) is 38.0 Å². The normalized spacial score (nSPS) is 19.5. The molecule has 0 spiro atoms. The van der Waals surface area contributed by atoms with E-state index < -0.39 is 0 Å². The van der Waals surface area contributed by atoms with Crippen LogP contribution in [0.15, 0.2) is 53.5 Å². The lowest BCUT2D eigenvalue weighted by atomic mass is 9.99. The van der Waals surface area contributed by atoms with Crippen LogP contribution in [0, 0.1) is 6.92 Å². The summed E-state index contributed by atoms with van der Waals surface area (Å²) in [5.74, 6) is 1.32. The number of amides is 1. The van der Waals surface area contributed by atoms with Crippen molar-refractivity contribution in [3.8, 4) is 11.3 Å². The molecule has 2 bridgehead atoms. The molecule has 4 aromatic rings. The number of hydrogen-bond acceptors (Lipinski definition) is 7. The first-order chi connectivity index (χ1) is 20.7. The molecular formula is C33H35ClN6O2S. The van der Waals surface area contributed by atoms with E-state index in [0.29, 0.717) is 28.2 Å². The standard InChI is InChI=1S/C33H35ClN6O2S/c1-19-14-26(34)27(37-32(41)29-17-25-20-4-5-21(15-20)30(25)43-29)16-24(19)28-18-39(3)33(42)31(36-28)35-22-6-8-23(9-7-22)40-12-10-38(2)11-13-40/h6-9,14,16-18,20-21H,4-5,10-13,15H2,1-3H3,(H,35,36)(H,37,41). The smallest absolute Gasteiger partial charge is 0.293 e. The number of hydrogen-bond donors (Lipinski definition) is 2. The molecule has 2 atom stereocenters. The van der Waals surface area contributed by atoms with Crippen molar-refractivity contribution in [2.75, 3.05) is 48.8 Å². The molecule has 2 aliphatic carbocycles. The molecule has 10 heteroatoms. The summed E-state index contributed by atoms with van der Waals surface area (Å²) in [6, 6.07) is 13.9. The van der Waals surface area contributed by atoms with Gasteiger partial charge in [0.1, 0.15) is 0 Å². The maximum absolute atomic E-state index is 13.3. The summed E-state index contributed by atoms with van der Waals surface area (Å²) in [7, 11) is 3.86. The summed E-state index contributed by atoms with van der Waals surface area (Å²) < 4.78 is 1.52. The summed E-state index contributed by atoms with van der Waals surface area (Å²) >= 11 is 8.24. The van der Waals surface area contributed by atoms with E-state index in [-0.39, 0.29) is 17.3 Å². The molecule has 3 aliphatic rings. The third-order valence-electron chi connectivity index (χ3n) is 9.17.